The van der Waals surface area contributed by atoms with Crippen LogP contribution in [0.5, 0.6) is 0 Å². The minimum Gasteiger partial charge on any atom is -0.376 e. The van der Waals surface area contributed by atoms with Crippen molar-refractivity contribution in [3.63, 3.8) is 0 Å². The zero-order valence-corrected chi connectivity index (χ0v) is 12.1. The maximum atomic E-state index is 14.2. The van der Waals surface area contributed by atoms with Crippen molar-refractivity contribution in [2.75, 3.05) is 13.7 Å². The maximum Gasteiger partial charge on any atom is 0.128 e. The van der Waals surface area contributed by atoms with Gasteiger partial charge >= 0.3 is 0 Å². The van der Waals surface area contributed by atoms with Crippen molar-refractivity contribution in [1.29, 1.82) is 0 Å². The predicted molar refractivity (Wildman–Crippen MR) is 75.8 cm³/mol. The van der Waals surface area contributed by atoms with Crippen LogP contribution in [-0.2, 0) is 4.74 Å². The molecule has 1 aromatic carbocycles. The van der Waals surface area contributed by atoms with E-state index < -0.39 is 0 Å². The molecular weight excluding hydrogens is 241 g/mol. The fourth-order valence-electron chi connectivity index (χ4n) is 2.89. The van der Waals surface area contributed by atoms with Gasteiger partial charge in [0.15, 0.2) is 0 Å². The molecule has 0 aromatic heterocycles. The second-order valence-corrected chi connectivity index (χ2v) is 5.53. The fraction of sp³-hybridized carbons (Fsp3) is 0.625. The largest absolute Gasteiger partial charge is 0.376 e. The molecule has 1 fully saturated rings. The van der Waals surface area contributed by atoms with Gasteiger partial charge in [-0.2, -0.15) is 0 Å². The molecule has 0 aliphatic heterocycles. The van der Waals surface area contributed by atoms with Gasteiger partial charge in [0.1, 0.15) is 5.82 Å². The number of ether oxygens (including phenoxy) is 1. The summed E-state index contributed by atoms with van der Waals surface area (Å²) in [7, 11) is 1.74. The summed E-state index contributed by atoms with van der Waals surface area (Å²) in [5.41, 5.74) is 1.60. The van der Waals surface area contributed by atoms with E-state index in [9.17, 15) is 4.39 Å². The molecule has 19 heavy (non-hydrogen) atoms. The third-order valence-electron chi connectivity index (χ3n) is 4.19. The van der Waals surface area contributed by atoms with Gasteiger partial charge in [-0.1, -0.05) is 24.6 Å². The van der Waals surface area contributed by atoms with Crippen LogP contribution in [0.2, 0.25) is 0 Å². The van der Waals surface area contributed by atoms with Crippen molar-refractivity contribution in [2.24, 2.45) is 0 Å². The molecule has 106 valence electrons. The molecule has 2 rings (SSSR count). The highest BCUT2D eigenvalue weighted by Crippen LogP contribution is 2.45. The van der Waals surface area contributed by atoms with Crippen LogP contribution in [0.1, 0.15) is 49.8 Å². The minimum absolute atomic E-state index is 0.0499. The molecule has 0 amide bonds. The number of aryl methyl sites for hydroxylation is 1. The SMILES string of the molecule is CCCNC(c1cc(C)ccc1F)C1(OC)CCC1. The second kappa shape index (κ2) is 6.02. The van der Waals surface area contributed by atoms with E-state index in [1.54, 1.807) is 13.2 Å². The molecule has 0 radical (unpaired) electrons. The lowest BCUT2D eigenvalue weighted by molar-refractivity contribution is -0.100. The number of hydrogen-bond acceptors (Lipinski definition) is 2. The third kappa shape index (κ3) is 2.82. The summed E-state index contributed by atoms with van der Waals surface area (Å²) in [5.74, 6) is -0.137. The summed E-state index contributed by atoms with van der Waals surface area (Å²) in [6.07, 6.45) is 4.19. The molecule has 0 heterocycles. The van der Waals surface area contributed by atoms with Gasteiger partial charge in [-0.25, -0.2) is 4.39 Å². The molecule has 0 bridgehead atoms. The molecule has 1 atom stereocenters. The molecule has 1 aliphatic carbocycles. The molecule has 1 saturated carbocycles. The fourth-order valence-corrected chi connectivity index (χ4v) is 2.89. The molecule has 1 unspecified atom stereocenters. The van der Waals surface area contributed by atoms with Crippen LogP contribution in [0.25, 0.3) is 0 Å². The number of nitrogens with one attached hydrogen (secondary N) is 1. The predicted octanol–water partition coefficient (Wildman–Crippen LogP) is 3.74. The van der Waals surface area contributed by atoms with Crippen molar-refractivity contribution in [2.45, 2.75) is 51.2 Å². The van der Waals surface area contributed by atoms with Gasteiger partial charge in [-0.05, 0) is 45.2 Å². The smallest absolute Gasteiger partial charge is 0.128 e. The van der Waals surface area contributed by atoms with E-state index in [2.05, 4.69) is 12.2 Å². The van der Waals surface area contributed by atoms with E-state index in [-0.39, 0.29) is 17.5 Å². The number of methoxy groups -OCH3 is 1. The van der Waals surface area contributed by atoms with Gasteiger partial charge in [-0.3, -0.25) is 0 Å². The first-order chi connectivity index (χ1) is 9.13. The van der Waals surface area contributed by atoms with Crippen LogP contribution in [0.3, 0.4) is 0 Å². The molecule has 0 saturated heterocycles. The molecule has 3 heteroatoms. The Labute approximate surface area is 115 Å². The van der Waals surface area contributed by atoms with Gasteiger partial charge in [0, 0.05) is 12.7 Å². The van der Waals surface area contributed by atoms with Crippen molar-refractivity contribution < 1.29 is 9.13 Å². The van der Waals surface area contributed by atoms with E-state index in [0.29, 0.717) is 0 Å². The zero-order chi connectivity index (χ0) is 13.9. The second-order valence-electron chi connectivity index (χ2n) is 5.53. The van der Waals surface area contributed by atoms with E-state index >= 15 is 0 Å². The lowest BCUT2D eigenvalue weighted by atomic mass is 9.72. The van der Waals surface area contributed by atoms with Crippen LogP contribution in [0.15, 0.2) is 18.2 Å². The number of hydrogen-bond donors (Lipinski definition) is 1. The molecule has 1 N–H and O–H groups in total. The highest BCUT2D eigenvalue weighted by Gasteiger charge is 2.45. The monoisotopic (exact) mass is 265 g/mol. The van der Waals surface area contributed by atoms with Crippen LogP contribution in [-0.4, -0.2) is 19.3 Å². The normalized spacial score (nSPS) is 18.9. The standard InChI is InChI=1S/C16H24FNO/c1-4-10-18-15(16(19-3)8-5-9-16)13-11-12(2)6-7-14(13)17/h6-7,11,15,18H,4-5,8-10H2,1-3H3. The Morgan fingerprint density at radius 3 is 2.68 bits per heavy atom. The van der Waals surface area contributed by atoms with Crippen molar-refractivity contribution >= 4 is 0 Å². The van der Waals surface area contributed by atoms with Crippen LogP contribution in [0, 0.1) is 12.7 Å². The van der Waals surface area contributed by atoms with Crippen molar-refractivity contribution in [1.82, 2.24) is 5.32 Å². The average molecular weight is 265 g/mol. The highest BCUT2D eigenvalue weighted by molar-refractivity contribution is 5.30. The Kier molecular flexibility index (Phi) is 4.58. The topological polar surface area (TPSA) is 21.3 Å². The van der Waals surface area contributed by atoms with Gasteiger partial charge in [0.05, 0.1) is 11.6 Å². The summed E-state index contributed by atoms with van der Waals surface area (Å²) in [6.45, 7) is 5.00. The Balaban J connectivity index is 2.33. The zero-order valence-electron chi connectivity index (χ0n) is 12.1. The van der Waals surface area contributed by atoms with Crippen molar-refractivity contribution in [3.05, 3.63) is 35.1 Å². The van der Waals surface area contributed by atoms with Crippen LogP contribution in [0.4, 0.5) is 4.39 Å². The van der Waals surface area contributed by atoms with Gasteiger partial charge in [0.2, 0.25) is 0 Å². The first-order valence-corrected chi connectivity index (χ1v) is 7.17. The van der Waals surface area contributed by atoms with Gasteiger partial charge in [-0.15, -0.1) is 0 Å². The van der Waals surface area contributed by atoms with Gasteiger partial charge in [0.25, 0.3) is 0 Å². The molecule has 2 nitrogen and oxygen atoms in total. The molecule has 1 aliphatic rings. The van der Waals surface area contributed by atoms with Gasteiger partial charge < -0.3 is 10.1 Å². The van der Waals surface area contributed by atoms with Crippen molar-refractivity contribution in [3.8, 4) is 0 Å². The van der Waals surface area contributed by atoms with E-state index in [1.165, 1.54) is 0 Å². The molecule has 1 aromatic rings. The Morgan fingerprint density at radius 1 is 1.42 bits per heavy atom. The summed E-state index contributed by atoms with van der Waals surface area (Å²) < 4.78 is 19.9. The van der Waals surface area contributed by atoms with E-state index in [0.717, 1.165) is 43.4 Å². The number of benzene rings is 1. The summed E-state index contributed by atoms with van der Waals surface area (Å²) in [4.78, 5) is 0. The maximum absolute atomic E-state index is 14.2. The first kappa shape index (κ1) is 14.5. The number of rotatable bonds is 6. The summed E-state index contributed by atoms with van der Waals surface area (Å²) in [5, 5.41) is 3.48. The Hall–Kier alpha value is -0.930. The highest BCUT2D eigenvalue weighted by atomic mass is 19.1. The van der Waals surface area contributed by atoms with E-state index in [1.807, 2.05) is 19.1 Å². The van der Waals surface area contributed by atoms with Crippen LogP contribution >= 0.6 is 0 Å². The molecular formula is C16H24FNO. The first-order valence-electron chi connectivity index (χ1n) is 7.17. The average Bonchev–Trinajstić information content (AvgIpc) is 2.36. The third-order valence-corrected chi connectivity index (χ3v) is 4.19. The summed E-state index contributed by atoms with van der Waals surface area (Å²) in [6, 6.07) is 5.27. The van der Waals surface area contributed by atoms with Crippen LogP contribution < -0.4 is 5.32 Å². The lowest BCUT2D eigenvalue weighted by Crippen LogP contribution is -2.51. The molecule has 0 spiro atoms. The van der Waals surface area contributed by atoms with E-state index in [4.69, 9.17) is 4.74 Å². The summed E-state index contributed by atoms with van der Waals surface area (Å²) >= 11 is 0. The Morgan fingerprint density at radius 2 is 2.16 bits per heavy atom. The quantitative estimate of drug-likeness (QED) is 0.846. The number of halogens is 1. The lowest BCUT2D eigenvalue weighted by Gasteiger charge is -2.47. The minimum atomic E-state index is -0.232. The Bertz CT molecular complexity index is 423.